The van der Waals surface area contributed by atoms with Gasteiger partial charge in [0.25, 0.3) is 0 Å². The number of carbonyl (C=O) groups excluding carboxylic acids is 1. The van der Waals surface area contributed by atoms with E-state index in [1.807, 2.05) is 19.1 Å². The van der Waals surface area contributed by atoms with Crippen LogP contribution in [-0.2, 0) is 4.74 Å². The Labute approximate surface area is 149 Å². The van der Waals surface area contributed by atoms with Crippen molar-refractivity contribution < 1.29 is 9.53 Å². The smallest absolute Gasteiger partial charge is 0.319 e. The SMILES string of the molecule is Cc1nc(N2CCCC2)ccc1NC(=O)N[C@@H]1CCO[C@H](C2CC2)C1. The third-order valence-corrected chi connectivity index (χ3v) is 5.55. The molecule has 2 amide bonds. The van der Waals surface area contributed by atoms with Crippen molar-refractivity contribution in [2.24, 2.45) is 5.92 Å². The summed E-state index contributed by atoms with van der Waals surface area (Å²) in [5, 5.41) is 6.07. The highest BCUT2D eigenvalue weighted by Gasteiger charge is 2.36. The second-order valence-corrected chi connectivity index (χ2v) is 7.56. The number of nitrogens with one attached hydrogen (secondary N) is 2. The first-order valence-electron chi connectivity index (χ1n) is 9.61. The number of aryl methyl sites for hydroxylation is 1. The number of amides is 2. The van der Waals surface area contributed by atoms with Crippen molar-refractivity contribution >= 4 is 17.5 Å². The molecule has 1 aliphatic carbocycles. The van der Waals surface area contributed by atoms with E-state index in [-0.39, 0.29) is 12.1 Å². The fourth-order valence-electron chi connectivity index (χ4n) is 3.90. The first-order valence-corrected chi connectivity index (χ1v) is 9.61. The van der Waals surface area contributed by atoms with Gasteiger partial charge in [-0.15, -0.1) is 0 Å². The van der Waals surface area contributed by atoms with Crippen LogP contribution in [0.2, 0.25) is 0 Å². The summed E-state index contributed by atoms with van der Waals surface area (Å²) in [5.41, 5.74) is 1.65. The van der Waals surface area contributed by atoms with Gasteiger partial charge < -0.3 is 20.3 Å². The molecular weight excluding hydrogens is 316 g/mol. The fourth-order valence-corrected chi connectivity index (χ4v) is 3.90. The van der Waals surface area contributed by atoms with Crippen molar-refractivity contribution in [3.05, 3.63) is 17.8 Å². The minimum Gasteiger partial charge on any atom is -0.378 e. The lowest BCUT2D eigenvalue weighted by atomic mass is 10.0. The number of nitrogens with zero attached hydrogens (tertiary/aromatic N) is 2. The summed E-state index contributed by atoms with van der Waals surface area (Å²) in [6.45, 7) is 4.85. The molecule has 136 valence electrons. The Kier molecular flexibility index (Phi) is 4.79. The van der Waals surface area contributed by atoms with Crippen LogP contribution >= 0.6 is 0 Å². The lowest BCUT2D eigenvalue weighted by Gasteiger charge is -2.30. The quantitative estimate of drug-likeness (QED) is 0.881. The predicted octanol–water partition coefficient (Wildman–Crippen LogP) is 3.07. The zero-order valence-electron chi connectivity index (χ0n) is 15.0. The molecule has 0 aromatic carbocycles. The summed E-state index contributed by atoms with van der Waals surface area (Å²) in [6.07, 6.45) is 7.18. The fraction of sp³-hybridized carbons (Fsp3) is 0.684. The molecule has 6 heteroatoms. The van der Waals surface area contributed by atoms with Crippen molar-refractivity contribution in [1.29, 1.82) is 0 Å². The summed E-state index contributed by atoms with van der Waals surface area (Å²) in [7, 11) is 0. The number of aromatic nitrogens is 1. The van der Waals surface area contributed by atoms with E-state index >= 15 is 0 Å². The van der Waals surface area contributed by atoms with Crippen LogP contribution in [0.25, 0.3) is 0 Å². The summed E-state index contributed by atoms with van der Waals surface area (Å²) in [6, 6.07) is 4.04. The van der Waals surface area contributed by atoms with E-state index in [1.165, 1.54) is 25.7 Å². The Bertz CT molecular complexity index is 626. The van der Waals surface area contributed by atoms with Crippen LogP contribution in [0.1, 0.15) is 44.2 Å². The molecule has 1 aromatic rings. The summed E-state index contributed by atoms with van der Waals surface area (Å²) in [4.78, 5) is 19.3. The third-order valence-electron chi connectivity index (χ3n) is 5.55. The van der Waals surface area contributed by atoms with E-state index in [0.717, 1.165) is 55.7 Å². The molecule has 2 aliphatic heterocycles. The van der Waals surface area contributed by atoms with Crippen LogP contribution in [0, 0.1) is 12.8 Å². The molecule has 0 spiro atoms. The number of anilines is 2. The lowest BCUT2D eigenvalue weighted by molar-refractivity contribution is -0.00889. The molecular formula is C19H28N4O2. The second kappa shape index (κ2) is 7.20. The van der Waals surface area contributed by atoms with Gasteiger partial charge in [0.05, 0.1) is 17.5 Å². The van der Waals surface area contributed by atoms with E-state index in [1.54, 1.807) is 0 Å². The molecule has 2 atom stereocenters. The van der Waals surface area contributed by atoms with Gasteiger partial charge in [0.1, 0.15) is 5.82 Å². The van der Waals surface area contributed by atoms with Crippen LogP contribution in [0.5, 0.6) is 0 Å². The summed E-state index contributed by atoms with van der Waals surface area (Å²) in [5.74, 6) is 1.73. The molecule has 0 unspecified atom stereocenters. The molecule has 6 nitrogen and oxygen atoms in total. The van der Waals surface area contributed by atoms with E-state index in [2.05, 4.69) is 20.5 Å². The van der Waals surface area contributed by atoms with E-state index in [0.29, 0.717) is 6.10 Å². The third kappa shape index (κ3) is 4.06. The summed E-state index contributed by atoms with van der Waals surface area (Å²) >= 11 is 0. The van der Waals surface area contributed by atoms with Crippen LogP contribution in [0.15, 0.2) is 12.1 Å². The zero-order valence-corrected chi connectivity index (χ0v) is 15.0. The molecule has 3 heterocycles. The van der Waals surface area contributed by atoms with Crippen molar-refractivity contribution in [2.45, 2.75) is 57.6 Å². The molecule has 2 N–H and O–H groups in total. The lowest BCUT2D eigenvalue weighted by Crippen LogP contribution is -2.44. The highest BCUT2D eigenvalue weighted by atomic mass is 16.5. The largest absolute Gasteiger partial charge is 0.378 e. The molecule has 0 radical (unpaired) electrons. The van der Waals surface area contributed by atoms with Gasteiger partial charge in [-0.05, 0) is 63.5 Å². The molecule has 1 aromatic heterocycles. The van der Waals surface area contributed by atoms with Crippen molar-refractivity contribution in [3.8, 4) is 0 Å². The maximum absolute atomic E-state index is 12.4. The van der Waals surface area contributed by atoms with Gasteiger partial charge in [-0.2, -0.15) is 0 Å². The Morgan fingerprint density at radius 2 is 2.04 bits per heavy atom. The Morgan fingerprint density at radius 1 is 1.24 bits per heavy atom. The van der Waals surface area contributed by atoms with Gasteiger partial charge in [-0.25, -0.2) is 9.78 Å². The number of pyridine rings is 1. The molecule has 1 saturated carbocycles. The first kappa shape index (κ1) is 16.6. The zero-order chi connectivity index (χ0) is 17.2. The molecule has 3 fully saturated rings. The molecule has 2 saturated heterocycles. The molecule has 4 rings (SSSR count). The van der Waals surface area contributed by atoms with Crippen molar-refractivity contribution in [1.82, 2.24) is 10.3 Å². The minimum absolute atomic E-state index is 0.139. The van der Waals surface area contributed by atoms with Gasteiger partial charge in [0.2, 0.25) is 0 Å². The number of ether oxygens (including phenoxy) is 1. The van der Waals surface area contributed by atoms with E-state index in [9.17, 15) is 4.79 Å². The van der Waals surface area contributed by atoms with Gasteiger partial charge in [0, 0.05) is 25.7 Å². The number of carbonyl (C=O) groups is 1. The number of hydrogen-bond donors (Lipinski definition) is 2. The average molecular weight is 344 g/mol. The maximum atomic E-state index is 12.4. The maximum Gasteiger partial charge on any atom is 0.319 e. The normalized spacial score (nSPS) is 26.5. The van der Waals surface area contributed by atoms with Crippen LogP contribution in [0.3, 0.4) is 0 Å². The predicted molar refractivity (Wildman–Crippen MR) is 98.1 cm³/mol. The van der Waals surface area contributed by atoms with Crippen LogP contribution < -0.4 is 15.5 Å². The Balaban J connectivity index is 1.32. The molecule has 0 bridgehead atoms. The summed E-state index contributed by atoms with van der Waals surface area (Å²) < 4.78 is 5.83. The van der Waals surface area contributed by atoms with Gasteiger partial charge in [0.15, 0.2) is 0 Å². The topological polar surface area (TPSA) is 66.5 Å². The second-order valence-electron chi connectivity index (χ2n) is 7.56. The number of rotatable bonds is 4. The average Bonchev–Trinajstić information content (AvgIpc) is 3.31. The van der Waals surface area contributed by atoms with Gasteiger partial charge in [-0.1, -0.05) is 0 Å². The monoisotopic (exact) mass is 344 g/mol. The Morgan fingerprint density at radius 3 is 2.76 bits per heavy atom. The molecule has 25 heavy (non-hydrogen) atoms. The standard InChI is InChI=1S/C19H28N4O2/c1-13-16(6-7-18(20-13)23-9-2-3-10-23)22-19(24)21-15-8-11-25-17(12-15)14-4-5-14/h6-7,14-15,17H,2-5,8-12H2,1H3,(H2,21,22,24)/t15-,17+/m1/s1. The highest BCUT2D eigenvalue weighted by molar-refractivity contribution is 5.90. The Hall–Kier alpha value is -1.82. The molecule has 3 aliphatic rings. The van der Waals surface area contributed by atoms with Crippen molar-refractivity contribution in [2.75, 3.05) is 29.9 Å². The van der Waals surface area contributed by atoms with Gasteiger partial charge >= 0.3 is 6.03 Å². The van der Waals surface area contributed by atoms with Crippen molar-refractivity contribution in [3.63, 3.8) is 0 Å². The first-order chi connectivity index (χ1) is 12.2. The highest BCUT2D eigenvalue weighted by Crippen LogP contribution is 2.38. The van der Waals surface area contributed by atoms with Crippen LogP contribution in [0.4, 0.5) is 16.3 Å². The van der Waals surface area contributed by atoms with Crippen LogP contribution in [-0.4, -0.2) is 42.9 Å². The van der Waals surface area contributed by atoms with E-state index in [4.69, 9.17) is 4.74 Å². The number of urea groups is 1. The number of hydrogen-bond acceptors (Lipinski definition) is 4. The van der Waals surface area contributed by atoms with E-state index < -0.39 is 0 Å². The minimum atomic E-state index is -0.139. The van der Waals surface area contributed by atoms with Gasteiger partial charge in [-0.3, -0.25) is 0 Å².